The second-order valence-corrected chi connectivity index (χ2v) is 20.5. The predicted molar refractivity (Wildman–Crippen MR) is 260 cm³/mol. The Hall–Kier alpha value is -6.38. The molecule has 0 aromatic heterocycles. The van der Waals surface area contributed by atoms with Crippen LogP contribution in [-0.2, 0) is 48.0 Å². The number of aliphatic hydroxyl groups excluding tert-OH is 4. The average molecular weight is 1060 g/mol. The minimum atomic E-state index is -2.22. The number of Topliss-reactive ketones (excluding diaryl/α,β-unsaturated/α-hetero) is 2. The molecule has 404 valence electrons. The van der Waals surface area contributed by atoms with Crippen LogP contribution in [0.3, 0.4) is 0 Å². The highest BCUT2D eigenvalue weighted by molar-refractivity contribution is 6.32. The average Bonchev–Trinajstić information content (AvgIpc) is 3.40. The molecule has 0 bridgehead atoms. The van der Waals surface area contributed by atoms with Gasteiger partial charge in [-0.15, -0.1) is 0 Å². The first-order chi connectivity index (χ1) is 35.8. The Bertz CT molecular complexity index is 3130. The van der Waals surface area contributed by atoms with E-state index < -0.39 is 185 Å². The van der Waals surface area contributed by atoms with Crippen molar-refractivity contribution in [3.8, 4) is 23.0 Å². The molecule has 22 heteroatoms. The lowest BCUT2D eigenvalue weighted by Crippen LogP contribution is -2.53. The number of carbonyl (C=O) groups is 6. The first-order valence-corrected chi connectivity index (χ1v) is 24.6. The van der Waals surface area contributed by atoms with Crippen LogP contribution in [0.2, 0.25) is 0 Å². The van der Waals surface area contributed by atoms with Crippen LogP contribution in [-0.4, -0.2) is 153 Å². The molecule has 4 aliphatic carbocycles. The highest BCUT2D eigenvalue weighted by Gasteiger charge is 2.52. The van der Waals surface area contributed by atoms with Gasteiger partial charge in [-0.3, -0.25) is 28.8 Å². The number of carbonyl (C=O) groups excluding carboxylic acids is 6. The molecule has 0 radical (unpaired) electrons. The van der Waals surface area contributed by atoms with Gasteiger partial charge in [0.15, 0.2) is 47.3 Å². The molecule has 14 N–H and O–H groups in total. The van der Waals surface area contributed by atoms with Gasteiger partial charge in [-0.2, -0.15) is 0 Å². The number of phenols is 4. The summed E-state index contributed by atoms with van der Waals surface area (Å²) in [6, 6.07) is 7.61. The third-order valence-electron chi connectivity index (χ3n) is 15.7. The van der Waals surface area contributed by atoms with Crippen molar-refractivity contribution in [1.82, 2.24) is 0 Å². The van der Waals surface area contributed by atoms with Crippen molar-refractivity contribution in [1.29, 1.82) is 0 Å². The Balaban J connectivity index is 0.000000186. The van der Waals surface area contributed by atoms with Crippen molar-refractivity contribution in [2.24, 2.45) is 11.5 Å². The third-order valence-corrected chi connectivity index (χ3v) is 15.7. The molecule has 2 heterocycles. The summed E-state index contributed by atoms with van der Waals surface area (Å²) in [6.07, 6.45) is -9.60. The largest absolute Gasteiger partial charge is 0.507 e. The monoisotopic (exact) mass is 1050 g/mol. The molecule has 2 unspecified atom stereocenters. The predicted octanol–water partition coefficient (Wildman–Crippen LogP) is 0.814. The number of ether oxygens (including phenoxy) is 4. The van der Waals surface area contributed by atoms with Crippen LogP contribution in [0, 0.1) is 6.92 Å². The van der Waals surface area contributed by atoms with Crippen LogP contribution in [0.5, 0.6) is 23.0 Å². The van der Waals surface area contributed by atoms with Gasteiger partial charge < -0.3 is 81.5 Å². The van der Waals surface area contributed by atoms with Crippen LogP contribution in [0.1, 0.15) is 156 Å². The van der Waals surface area contributed by atoms with E-state index in [9.17, 15) is 79.8 Å². The van der Waals surface area contributed by atoms with E-state index in [0.29, 0.717) is 5.56 Å². The Labute approximate surface area is 433 Å². The molecule has 4 aromatic rings. The zero-order chi connectivity index (χ0) is 55.4. The van der Waals surface area contributed by atoms with Gasteiger partial charge in [0.1, 0.15) is 40.8 Å². The summed E-state index contributed by atoms with van der Waals surface area (Å²) in [5.74, 6) is -7.02. The van der Waals surface area contributed by atoms with Gasteiger partial charge >= 0.3 is 0 Å². The fraction of sp³-hybridized carbons (Fsp3) is 0.444. The number of nitrogens with two attached hydrogens (primary N) is 2. The quantitative estimate of drug-likeness (QED) is 0.0939. The molecular weight excluding hydrogens is 997 g/mol. The maximum Gasteiger partial charge on any atom is 0.198 e. The van der Waals surface area contributed by atoms with Crippen LogP contribution in [0.15, 0.2) is 36.4 Å². The minimum absolute atomic E-state index is 0.0331. The second-order valence-electron chi connectivity index (χ2n) is 20.5. The summed E-state index contributed by atoms with van der Waals surface area (Å²) in [6.45, 7) is 4.47. The highest BCUT2D eigenvalue weighted by atomic mass is 16.7. The molecule has 6 aliphatic rings. The number of rotatable bonds is 8. The number of phenolic OH excluding ortho intramolecular Hbond substituents is 4. The van der Waals surface area contributed by atoms with Crippen LogP contribution in [0.4, 0.5) is 0 Å². The van der Waals surface area contributed by atoms with Crippen molar-refractivity contribution in [3.63, 3.8) is 0 Å². The van der Waals surface area contributed by atoms with E-state index in [0.717, 1.165) is 0 Å². The summed E-state index contributed by atoms with van der Waals surface area (Å²) in [7, 11) is 0. The molecule has 2 fully saturated rings. The van der Waals surface area contributed by atoms with Gasteiger partial charge in [0.25, 0.3) is 0 Å². The zero-order valence-electron chi connectivity index (χ0n) is 41.6. The number of aryl methyl sites for hydroxylation is 1. The zero-order valence-corrected chi connectivity index (χ0v) is 41.6. The van der Waals surface area contributed by atoms with Crippen LogP contribution >= 0.6 is 0 Å². The summed E-state index contributed by atoms with van der Waals surface area (Å²) in [5, 5.41) is 107. The lowest BCUT2D eigenvalue weighted by atomic mass is 9.71. The van der Waals surface area contributed by atoms with E-state index in [1.165, 1.54) is 31.2 Å². The van der Waals surface area contributed by atoms with Gasteiger partial charge in [0.2, 0.25) is 0 Å². The summed E-state index contributed by atoms with van der Waals surface area (Å²) >= 11 is 0. The lowest BCUT2D eigenvalue weighted by molar-refractivity contribution is -0.247. The van der Waals surface area contributed by atoms with Crippen molar-refractivity contribution in [2.75, 3.05) is 6.61 Å². The number of hydrogen-bond donors (Lipinski definition) is 12. The van der Waals surface area contributed by atoms with E-state index >= 15 is 0 Å². The number of fused-ring (bicyclic) bond motifs is 6. The Morgan fingerprint density at radius 3 is 1.50 bits per heavy atom. The number of benzene rings is 4. The molecule has 0 spiro atoms. The minimum Gasteiger partial charge on any atom is -0.507 e. The van der Waals surface area contributed by atoms with Gasteiger partial charge in [-0.1, -0.05) is 36.4 Å². The molecule has 76 heavy (non-hydrogen) atoms. The summed E-state index contributed by atoms with van der Waals surface area (Å²) < 4.78 is 23.5. The Kier molecular flexibility index (Phi) is 14.2. The number of hydrogen-bond acceptors (Lipinski definition) is 22. The standard InChI is InChI=1S/2C27H29NO10/c1-10-22(31)15(28)6-17(37-10)38-16-8-27(36,11(2)30)7-14-19(16)26(35)21-20(24(14)33)23(32)13-5-3-4-12(9-29)18(13)25(21)34;1-10-4-3-5-12-18(10)25(34)21-20(23(12)32)24(33)13-7-27(36,16(30)9-29)8-15(19(13)26(21)35)38-17-6-14(28)22(31)11(2)37-17/h3-5,10,15-17,22,29,31,33,35-36H,6-9,28H2,1-2H3;3-5,11,14-15,17,22,29,31,33,35-36H,6-9,28H2,1-2H3/t10?,15-,16+,17+,22-,27+;11?,14-,15+,17+,22-,27+/m11/s1. The van der Waals surface area contributed by atoms with E-state index in [4.69, 9.17) is 30.4 Å². The van der Waals surface area contributed by atoms with Gasteiger partial charge in [0.05, 0.1) is 65.5 Å². The molecule has 4 aromatic carbocycles. The first kappa shape index (κ1) is 54.4. The normalized spacial score (nSPS) is 30.4. The molecular formula is C54H58N2O20. The van der Waals surface area contributed by atoms with E-state index in [1.54, 1.807) is 32.9 Å². The third kappa shape index (κ3) is 8.71. The lowest BCUT2D eigenvalue weighted by Gasteiger charge is -2.42. The van der Waals surface area contributed by atoms with Crippen molar-refractivity contribution < 1.29 is 98.8 Å². The number of aliphatic hydroxyl groups is 6. The number of ketones is 6. The fourth-order valence-electron chi connectivity index (χ4n) is 11.5. The van der Waals surface area contributed by atoms with E-state index in [-0.39, 0.29) is 69.3 Å². The number of aromatic hydroxyl groups is 4. The topological polar surface area (TPSA) is 394 Å². The second kappa shape index (κ2) is 19.9. The van der Waals surface area contributed by atoms with Crippen molar-refractivity contribution in [3.05, 3.63) is 114 Å². The first-order valence-electron chi connectivity index (χ1n) is 24.6. The maximum absolute atomic E-state index is 13.6. The summed E-state index contributed by atoms with van der Waals surface area (Å²) in [5.41, 5.74) is 6.35. The smallest absolute Gasteiger partial charge is 0.198 e. The molecule has 2 aliphatic heterocycles. The van der Waals surface area contributed by atoms with Crippen molar-refractivity contribution in [2.45, 2.75) is 145 Å². The highest BCUT2D eigenvalue weighted by Crippen LogP contribution is 2.54. The van der Waals surface area contributed by atoms with Gasteiger partial charge in [-0.05, 0) is 38.8 Å². The molecule has 12 atom stereocenters. The van der Waals surface area contributed by atoms with Gasteiger partial charge in [-0.25, -0.2) is 0 Å². The molecule has 0 amide bonds. The van der Waals surface area contributed by atoms with Crippen LogP contribution < -0.4 is 11.5 Å². The van der Waals surface area contributed by atoms with Crippen LogP contribution in [0.25, 0.3) is 0 Å². The van der Waals surface area contributed by atoms with Gasteiger partial charge in [0, 0.05) is 95.1 Å². The Morgan fingerprint density at radius 1 is 0.632 bits per heavy atom. The molecule has 22 nitrogen and oxygen atoms in total. The molecule has 0 saturated carbocycles. The Morgan fingerprint density at radius 2 is 1.05 bits per heavy atom. The summed E-state index contributed by atoms with van der Waals surface area (Å²) in [4.78, 5) is 79.1. The molecule has 10 rings (SSSR count). The SMILES string of the molecule is CC(=O)[C@]1(O)Cc2c(O)c3c(c(O)c2[C@@H](O[C@H]2C[C@@H](N)[C@H](O)C(C)O2)C1)C(=O)c1c(CO)cccc1C3=O.Cc1cccc2c1C(=O)c1c(O)c3c(c(O)c1C2=O)C[C@@](O)(C(=O)CO)C[C@@H]3O[C@H]1C[C@@H](N)[C@H](O)C(C)O1. The maximum atomic E-state index is 13.6. The van der Waals surface area contributed by atoms with Crippen molar-refractivity contribution >= 4 is 34.7 Å². The molecule has 2 saturated heterocycles. The van der Waals surface area contributed by atoms with E-state index in [1.807, 2.05) is 0 Å². The van der Waals surface area contributed by atoms with E-state index in [2.05, 4.69) is 0 Å². The fourth-order valence-corrected chi connectivity index (χ4v) is 11.5.